The normalized spacial score (nSPS) is 11.7. The average molecular weight is 326 g/mol. The Labute approximate surface area is 122 Å². The molecule has 0 aromatic heterocycles. The van der Waals surface area contributed by atoms with Crippen LogP contribution in [0.1, 0.15) is 5.56 Å². The van der Waals surface area contributed by atoms with Crippen molar-refractivity contribution >= 4 is 34.8 Å². The van der Waals surface area contributed by atoms with Crippen molar-refractivity contribution in [3.8, 4) is 11.1 Å². The van der Waals surface area contributed by atoms with Crippen LogP contribution in [0.25, 0.3) is 11.1 Å². The fourth-order valence-corrected chi connectivity index (χ4v) is 2.45. The molecule has 2 aromatic rings. The van der Waals surface area contributed by atoms with Gasteiger partial charge < -0.3 is 0 Å². The lowest BCUT2D eigenvalue weighted by atomic mass is 9.99. The summed E-state index contributed by atoms with van der Waals surface area (Å²) in [5.41, 5.74) is -0.808. The van der Waals surface area contributed by atoms with E-state index in [2.05, 4.69) is 0 Å². The minimum Gasteiger partial charge on any atom is -0.166 e. The van der Waals surface area contributed by atoms with Crippen molar-refractivity contribution in [1.82, 2.24) is 0 Å². The SMILES string of the molecule is FC(F)(F)c1ccccc1-c1c(Cl)ccc(Cl)c1Cl. The summed E-state index contributed by atoms with van der Waals surface area (Å²) in [6.45, 7) is 0. The molecular formula is C13H6Cl3F3. The average Bonchev–Trinajstić information content (AvgIpc) is 2.34. The second-order valence-electron chi connectivity index (χ2n) is 3.76. The van der Waals surface area contributed by atoms with E-state index < -0.39 is 11.7 Å². The smallest absolute Gasteiger partial charge is 0.166 e. The zero-order chi connectivity index (χ0) is 14.2. The van der Waals surface area contributed by atoms with Crippen LogP contribution in [0.2, 0.25) is 15.1 Å². The highest BCUT2D eigenvalue weighted by molar-refractivity contribution is 6.46. The highest BCUT2D eigenvalue weighted by Crippen LogP contribution is 2.44. The second kappa shape index (κ2) is 5.23. The standard InChI is InChI=1S/C13H6Cl3F3/c14-9-5-6-10(15)12(16)11(9)7-3-1-2-4-8(7)13(17,18)19/h1-6H. The summed E-state index contributed by atoms with van der Waals surface area (Å²) in [6, 6.07) is 7.93. The van der Waals surface area contributed by atoms with Crippen molar-refractivity contribution in [2.24, 2.45) is 0 Å². The largest absolute Gasteiger partial charge is 0.417 e. The molecule has 0 spiro atoms. The van der Waals surface area contributed by atoms with E-state index in [1.807, 2.05) is 0 Å². The molecule has 0 fully saturated rings. The Morgan fingerprint density at radius 1 is 0.789 bits per heavy atom. The van der Waals surface area contributed by atoms with Gasteiger partial charge >= 0.3 is 6.18 Å². The third-order valence-electron chi connectivity index (χ3n) is 2.55. The lowest BCUT2D eigenvalue weighted by molar-refractivity contribution is -0.137. The van der Waals surface area contributed by atoms with E-state index in [1.165, 1.54) is 30.3 Å². The van der Waals surface area contributed by atoms with Gasteiger partial charge in [-0.3, -0.25) is 0 Å². The van der Waals surface area contributed by atoms with Gasteiger partial charge in [-0.25, -0.2) is 0 Å². The van der Waals surface area contributed by atoms with Gasteiger partial charge in [-0.15, -0.1) is 0 Å². The van der Waals surface area contributed by atoms with Crippen LogP contribution < -0.4 is 0 Å². The van der Waals surface area contributed by atoms with Crippen molar-refractivity contribution in [3.63, 3.8) is 0 Å². The third-order valence-corrected chi connectivity index (χ3v) is 3.67. The summed E-state index contributed by atoms with van der Waals surface area (Å²) >= 11 is 17.7. The predicted molar refractivity (Wildman–Crippen MR) is 71.9 cm³/mol. The second-order valence-corrected chi connectivity index (χ2v) is 4.95. The molecule has 0 amide bonds. The Kier molecular flexibility index (Phi) is 4.00. The predicted octanol–water partition coefficient (Wildman–Crippen LogP) is 6.33. The van der Waals surface area contributed by atoms with Gasteiger partial charge in [0.2, 0.25) is 0 Å². The molecule has 19 heavy (non-hydrogen) atoms. The Morgan fingerprint density at radius 2 is 1.37 bits per heavy atom. The number of hydrogen-bond donors (Lipinski definition) is 0. The Bertz CT molecular complexity index is 621. The van der Waals surface area contributed by atoms with Crippen LogP contribution in [0.4, 0.5) is 13.2 Å². The zero-order valence-electron chi connectivity index (χ0n) is 9.23. The topological polar surface area (TPSA) is 0 Å². The molecule has 6 heteroatoms. The number of halogens is 6. The van der Waals surface area contributed by atoms with Gasteiger partial charge in [-0.05, 0) is 23.8 Å². The minimum atomic E-state index is -4.49. The molecule has 0 saturated carbocycles. The van der Waals surface area contributed by atoms with Gasteiger partial charge in [-0.1, -0.05) is 53.0 Å². The van der Waals surface area contributed by atoms with Crippen LogP contribution in [-0.4, -0.2) is 0 Å². The van der Waals surface area contributed by atoms with Crippen LogP contribution >= 0.6 is 34.8 Å². The van der Waals surface area contributed by atoms with Crippen LogP contribution in [0.3, 0.4) is 0 Å². The van der Waals surface area contributed by atoms with Crippen molar-refractivity contribution in [2.75, 3.05) is 0 Å². The van der Waals surface area contributed by atoms with E-state index in [0.29, 0.717) is 0 Å². The highest BCUT2D eigenvalue weighted by atomic mass is 35.5. The van der Waals surface area contributed by atoms with Crippen LogP contribution in [0.5, 0.6) is 0 Å². The van der Waals surface area contributed by atoms with Crippen molar-refractivity contribution in [2.45, 2.75) is 6.18 Å². The monoisotopic (exact) mass is 324 g/mol. The first-order chi connectivity index (χ1) is 8.82. The van der Waals surface area contributed by atoms with Crippen molar-refractivity contribution < 1.29 is 13.2 Å². The van der Waals surface area contributed by atoms with E-state index in [1.54, 1.807) is 0 Å². The number of benzene rings is 2. The first kappa shape index (κ1) is 14.5. The molecule has 0 aliphatic carbocycles. The Balaban J connectivity index is 2.77. The fraction of sp³-hybridized carbons (Fsp3) is 0.0769. The van der Waals surface area contributed by atoms with Crippen molar-refractivity contribution in [3.05, 3.63) is 57.0 Å². The molecule has 0 heterocycles. The van der Waals surface area contributed by atoms with Crippen LogP contribution in [-0.2, 0) is 6.18 Å². The highest BCUT2D eigenvalue weighted by Gasteiger charge is 2.34. The summed E-state index contributed by atoms with van der Waals surface area (Å²) in [5.74, 6) is 0. The number of hydrogen-bond acceptors (Lipinski definition) is 0. The minimum absolute atomic E-state index is 0.00543. The van der Waals surface area contributed by atoms with Gasteiger partial charge in [0.25, 0.3) is 0 Å². The maximum Gasteiger partial charge on any atom is 0.417 e. The molecule has 0 atom stereocenters. The summed E-state index contributed by atoms with van der Waals surface area (Å²) in [4.78, 5) is 0. The molecule has 0 aliphatic heterocycles. The molecule has 0 nitrogen and oxygen atoms in total. The molecule has 0 bridgehead atoms. The van der Waals surface area contributed by atoms with Crippen LogP contribution in [0.15, 0.2) is 36.4 Å². The van der Waals surface area contributed by atoms with Gasteiger partial charge in [0.05, 0.1) is 20.6 Å². The van der Waals surface area contributed by atoms with Gasteiger partial charge in [0, 0.05) is 5.56 Å². The summed E-state index contributed by atoms with van der Waals surface area (Å²) in [7, 11) is 0. The number of alkyl halides is 3. The van der Waals surface area contributed by atoms with E-state index in [-0.39, 0.29) is 26.2 Å². The summed E-state index contributed by atoms with van der Waals surface area (Å²) in [6.07, 6.45) is -4.49. The molecule has 0 aliphatic rings. The molecule has 0 N–H and O–H groups in total. The summed E-state index contributed by atoms with van der Waals surface area (Å²) < 4.78 is 38.9. The lowest BCUT2D eigenvalue weighted by Gasteiger charge is -2.15. The zero-order valence-corrected chi connectivity index (χ0v) is 11.5. The Hall–Kier alpha value is -0.900. The molecule has 0 saturated heterocycles. The van der Waals surface area contributed by atoms with Gasteiger partial charge in [-0.2, -0.15) is 13.2 Å². The van der Waals surface area contributed by atoms with Crippen molar-refractivity contribution in [1.29, 1.82) is 0 Å². The lowest BCUT2D eigenvalue weighted by Crippen LogP contribution is -2.07. The van der Waals surface area contributed by atoms with Crippen LogP contribution in [0, 0.1) is 0 Å². The van der Waals surface area contributed by atoms with E-state index in [9.17, 15) is 13.2 Å². The quantitative estimate of drug-likeness (QED) is 0.537. The molecule has 2 aromatic carbocycles. The first-order valence-corrected chi connectivity index (χ1v) is 6.26. The van der Waals surface area contributed by atoms with E-state index in [4.69, 9.17) is 34.8 Å². The molecule has 2 rings (SSSR count). The summed E-state index contributed by atoms with van der Waals surface area (Å²) in [5, 5.41) is 0.273. The van der Waals surface area contributed by atoms with Gasteiger partial charge in [0.1, 0.15) is 0 Å². The first-order valence-electron chi connectivity index (χ1n) is 5.12. The number of rotatable bonds is 1. The fourth-order valence-electron chi connectivity index (χ4n) is 1.72. The molecule has 0 radical (unpaired) electrons. The van der Waals surface area contributed by atoms with Gasteiger partial charge in [0.15, 0.2) is 0 Å². The third kappa shape index (κ3) is 2.83. The van der Waals surface area contributed by atoms with E-state index in [0.717, 1.165) is 6.07 Å². The van der Waals surface area contributed by atoms with E-state index >= 15 is 0 Å². The maximum atomic E-state index is 13.0. The maximum absolute atomic E-state index is 13.0. The molecule has 0 unspecified atom stereocenters. The molecular weight excluding hydrogens is 319 g/mol. The Morgan fingerprint density at radius 3 is 2.00 bits per heavy atom. The molecule has 100 valence electrons.